The minimum Gasteiger partial charge on any atom is -0.357 e. The summed E-state index contributed by atoms with van der Waals surface area (Å²) < 4.78 is 0. The summed E-state index contributed by atoms with van der Waals surface area (Å²) in [4.78, 5) is 18.8. The highest BCUT2D eigenvalue weighted by Gasteiger charge is 2.20. The van der Waals surface area contributed by atoms with Gasteiger partial charge in [0.2, 0.25) is 5.91 Å². The normalized spacial score (nSPS) is 18.8. The zero-order valence-corrected chi connectivity index (χ0v) is 15.4. The molecule has 1 rings (SSSR count). The molecule has 1 atom stereocenters. The van der Waals surface area contributed by atoms with Crippen molar-refractivity contribution >= 4 is 11.9 Å². The number of carbonyl (C=O) groups is 1. The van der Waals surface area contributed by atoms with Crippen LogP contribution in [0.2, 0.25) is 0 Å². The zero-order chi connectivity index (χ0) is 16.9. The summed E-state index contributed by atoms with van der Waals surface area (Å²) in [6, 6.07) is 0. The van der Waals surface area contributed by atoms with Gasteiger partial charge < -0.3 is 15.5 Å². The molecule has 1 unspecified atom stereocenters. The first-order valence-corrected chi connectivity index (χ1v) is 9.47. The number of rotatable bonds is 9. The molecule has 2 N–H and O–H groups in total. The lowest BCUT2D eigenvalue weighted by atomic mass is 10.00. The molecular formula is C18H36N4O. The van der Waals surface area contributed by atoms with E-state index in [1.807, 2.05) is 4.90 Å². The Morgan fingerprint density at radius 3 is 2.74 bits per heavy atom. The number of hydrogen-bond acceptors (Lipinski definition) is 2. The quantitative estimate of drug-likeness (QED) is 0.389. The van der Waals surface area contributed by atoms with E-state index in [2.05, 4.69) is 36.4 Å². The smallest absolute Gasteiger partial charge is 0.224 e. The van der Waals surface area contributed by atoms with E-state index in [9.17, 15) is 4.79 Å². The molecule has 0 aliphatic carbocycles. The monoisotopic (exact) mass is 324 g/mol. The average Bonchev–Trinajstić information content (AvgIpc) is 2.54. The summed E-state index contributed by atoms with van der Waals surface area (Å²) in [6.07, 6.45) is 7.84. The number of guanidine groups is 1. The maximum atomic E-state index is 12.2. The van der Waals surface area contributed by atoms with Crippen LogP contribution in [0, 0.1) is 5.92 Å². The van der Waals surface area contributed by atoms with Gasteiger partial charge in [0.1, 0.15) is 0 Å². The van der Waals surface area contributed by atoms with Gasteiger partial charge in [0.15, 0.2) is 5.96 Å². The Morgan fingerprint density at radius 1 is 1.22 bits per heavy atom. The molecule has 1 heterocycles. The Bertz CT molecular complexity index is 357. The lowest BCUT2D eigenvalue weighted by molar-refractivity contribution is -0.132. The molecule has 0 radical (unpaired) electrons. The Balaban J connectivity index is 2.25. The average molecular weight is 325 g/mol. The molecule has 1 saturated heterocycles. The first-order valence-electron chi connectivity index (χ1n) is 9.47. The van der Waals surface area contributed by atoms with E-state index in [1.54, 1.807) is 0 Å². The largest absolute Gasteiger partial charge is 0.357 e. The predicted octanol–water partition coefficient (Wildman–Crippen LogP) is 2.77. The molecule has 0 aromatic heterocycles. The summed E-state index contributed by atoms with van der Waals surface area (Å²) in [6.45, 7) is 10.7. The van der Waals surface area contributed by atoms with Crippen molar-refractivity contribution in [2.45, 2.75) is 65.7 Å². The number of piperidine rings is 1. The summed E-state index contributed by atoms with van der Waals surface area (Å²) in [7, 11) is 0. The first-order chi connectivity index (χ1) is 11.2. The minimum absolute atomic E-state index is 0.267. The van der Waals surface area contributed by atoms with Gasteiger partial charge in [0.25, 0.3) is 0 Å². The zero-order valence-electron chi connectivity index (χ0n) is 15.4. The lowest BCUT2D eigenvalue weighted by Crippen LogP contribution is -2.42. The maximum Gasteiger partial charge on any atom is 0.224 e. The number of likely N-dealkylation sites (tertiary alicyclic amines) is 1. The van der Waals surface area contributed by atoms with Crippen LogP contribution in [0.15, 0.2) is 4.99 Å². The molecule has 0 aromatic carbocycles. The van der Waals surface area contributed by atoms with Crippen molar-refractivity contribution in [1.82, 2.24) is 15.5 Å². The van der Waals surface area contributed by atoms with E-state index in [1.165, 1.54) is 25.7 Å². The van der Waals surface area contributed by atoms with E-state index in [4.69, 9.17) is 0 Å². The molecule has 0 bridgehead atoms. The fourth-order valence-electron chi connectivity index (χ4n) is 2.93. The lowest BCUT2D eigenvalue weighted by Gasteiger charge is -2.31. The van der Waals surface area contributed by atoms with Crippen LogP contribution in [0.25, 0.3) is 0 Å². The second-order valence-electron chi connectivity index (χ2n) is 6.59. The Morgan fingerprint density at radius 2 is 2.04 bits per heavy atom. The highest BCUT2D eigenvalue weighted by molar-refractivity contribution is 5.81. The van der Waals surface area contributed by atoms with E-state index in [0.717, 1.165) is 45.0 Å². The van der Waals surface area contributed by atoms with Gasteiger partial charge in [-0.1, -0.05) is 33.1 Å². The number of nitrogens with zero attached hydrogens (tertiary/aromatic N) is 2. The molecule has 5 heteroatoms. The van der Waals surface area contributed by atoms with Crippen LogP contribution in [0.5, 0.6) is 0 Å². The molecule has 5 nitrogen and oxygen atoms in total. The second kappa shape index (κ2) is 12.2. The van der Waals surface area contributed by atoms with E-state index >= 15 is 0 Å². The molecule has 1 aliphatic rings. The van der Waals surface area contributed by atoms with Gasteiger partial charge in [-0.3, -0.25) is 9.79 Å². The van der Waals surface area contributed by atoms with Crippen molar-refractivity contribution in [3.05, 3.63) is 0 Å². The number of hydrogen-bond donors (Lipinski definition) is 2. The second-order valence-corrected chi connectivity index (χ2v) is 6.59. The highest BCUT2D eigenvalue weighted by Crippen LogP contribution is 2.15. The van der Waals surface area contributed by atoms with E-state index in [0.29, 0.717) is 18.9 Å². The van der Waals surface area contributed by atoms with Gasteiger partial charge in [-0.2, -0.15) is 0 Å². The van der Waals surface area contributed by atoms with Crippen LogP contribution in [-0.2, 0) is 4.79 Å². The summed E-state index contributed by atoms with van der Waals surface area (Å²) in [5.74, 6) is 1.74. The molecule has 23 heavy (non-hydrogen) atoms. The SMILES string of the molecule is CCCCCCN=C(NCC)NCCC(=O)N1CCCC(C)C1. The predicted molar refractivity (Wildman–Crippen MR) is 97.7 cm³/mol. The molecule has 1 amide bonds. The molecule has 0 saturated carbocycles. The number of amides is 1. The van der Waals surface area contributed by atoms with Crippen LogP contribution in [0.4, 0.5) is 0 Å². The van der Waals surface area contributed by atoms with Crippen LogP contribution in [0.3, 0.4) is 0 Å². The van der Waals surface area contributed by atoms with Gasteiger partial charge in [0.05, 0.1) is 0 Å². The Kier molecular flexibility index (Phi) is 10.5. The summed E-state index contributed by atoms with van der Waals surface area (Å²) in [5, 5.41) is 6.53. The summed E-state index contributed by atoms with van der Waals surface area (Å²) in [5.41, 5.74) is 0. The van der Waals surface area contributed by atoms with Gasteiger partial charge in [0, 0.05) is 39.1 Å². The van der Waals surface area contributed by atoms with Crippen molar-refractivity contribution in [3.63, 3.8) is 0 Å². The van der Waals surface area contributed by atoms with Crippen molar-refractivity contribution < 1.29 is 4.79 Å². The molecule has 1 fully saturated rings. The number of aliphatic imine (C=N–C) groups is 1. The Labute approximate surface area is 142 Å². The van der Waals surface area contributed by atoms with Gasteiger partial charge >= 0.3 is 0 Å². The minimum atomic E-state index is 0.267. The van der Waals surface area contributed by atoms with Crippen LogP contribution in [0.1, 0.15) is 65.7 Å². The van der Waals surface area contributed by atoms with Crippen molar-refractivity contribution in [1.29, 1.82) is 0 Å². The van der Waals surface area contributed by atoms with Crippen molar-refractivity contribution in [2.24, 2.45) is 10.9 Å². The van der Waals surface area contributed by atoms with Gasteiger partial charge in [-0.15, -0.1) is 0 Å². The van der Waals surface area contributed by atoms with Gasteiger partial charge in [-0.25, -0.2) is 0 Å². The number of nitrogens with one attached hydrogen (secondary N) is 2. The number of unbranched alkanes of at least 4 members (excludes halogenated alkanes) is 3. The maximum absolute atomic E-state index is 12.2. The van der Waals surface area contributed by atoms with Crippen LogP contribution < -0.4 is 10.6 Å². The molecule has 134 valence electrons. The topological polar surface area (TPSA) is 56.7 Å². The van der Waals surface area contributed by atoms with Crippen molar-refractivity contribution in [3.8, 4) is 0 Å². The molecular weight excluding hydrogens is 288 g/mol. The third kappa shape index (κ3) is 8.82. The first kappa shape index (κ1) is 19.8. The van der Waals surface area contributed by atoms with E-state index in [-0.39, 0.29) is 5.91 Å². The fraction of sp³-hybridized carbons (Fsp3) is 0.889. The van der Waals surface area contributed by atoms with E-state index < -0.39 is 0 Å². The summed E-state index contributed by atoms with van der Waals surface area (Å²) >= 11 is 0. The molecule has 0 spiro atoms. The third-order valence-corrected chi connectivity index (χ3v) is 4.27. The standard InChI is InChI=1S/C18H36N4O/c1-4-6-7-8-12-20-18(19-5-2)21-13-11-17(23)22-14-9-10-16(3)15-22/h16H,4-15H2,1-3H3,(H2,19,20,21). The van der Waals surface area contributed by atoms with Crippen molar-refractivity contribution in [2.75, 3.05) is 32.7 Å². The fourth-order valence-corrected chi connectivity index (χ4v) is 2.93. The van der Waals surface area contributed by atoms with Crippen LogP contribution >= 0.6 is 0 Å². The molecule has 0 aromatic rings. The highest BCUT2D eigenvalue weighted by atomic mass is 16.2. The number of carbonyl (C=O) groups excluding carboxylic acids is 1. The Hall–Kier alpha value is -1.26. The molecule has 1 aliphatic heterocycles. The van der Waals surface area contributed by atoms with Gasteiger partial charge in [-0.05, 0) is 32.1 Å². The van der Waals surface area contributed by atoms with Crippen LogP contribution in [-0.4, -0.2) is 49.5 Å². The third-order valence-electron chi connectivity index (χ3n) is 4.27.